The van der Waals surface area contributed by atoms with Crippen molar-refractivity contribution in [3.63, 3.8) is 0 Å². The lowest BCUT2D eigenvalue weighted by Gasteiger charge is -2.19. The second kappa shape index (κ2) is 15.4. The first-order valence-electron chi connectivity index (χ1n) is 10.4. The number of Topliss-reactive ketones (excluding diaryl/α,β-unsaturated/α-hetero) is 1. The van der Waals surface area contributed by atoms with Crippen LogP contribution in [0.25, 0.3) is 6.08 Å². The molecule has 0 saturated heterocycles. The van der Waals surface area contributed by atoms with E-state index in [-0.39, 0.29) is 29.7 Å². The van der Waals surface area contributed by atoms with Gasteiger partial charge in [-0.3, -0.25) is 19.4 Å². The topological polar surface area (TPSA) is 99.3 Å². The van der Waals surface area contributed by atoms with Gasteiger partial charge >= 0.3 is 5.97 Å². The molecule has 1 rings (SSSR count). The van der Waals surface area contributed by atoms with E-state index in [2.05, 4.69) is 31.1 Å². The van der Waals surface area contributed by atoms with Crippen molar-refractivity contribution in [2.75, 3.05) is 0 Å². The monoisotopic (exact) mass is 420 g/mol. The van der Waals surface area contributed by atoms with Gasteiger partial charge in [0.1, 0.15) is 11.3 Å². The summed E-state index contributed by atoms with van der Waals surface area (Å²) < 4.78 is 5.15. The average molecular weight is 421 g/mol. The summed E-state index contributed by atoms with van der Waals surface area (Å²) in [4.78, 5) is 35.8. The van der Waals surface area contributed by atoms with Gasteiger partial charge in [-0.25, -0.2) is 0 Å². The number of nitrogens with two attached hydrogens (primary N) is 1. The van der Waals surface area contributed by atoms with E-state index in [0.717, 1.165) is 24.0 Å². The highest BCUT2D eigenvalue weighted by Crippen LogP contribution is 2.15. The Labute approximate surface area is 182 Å². The average Bonchev–Trinajstić information content (AvgIpc) is 2.65. The number of esters is 1. The summed E-state index contributed by atoms with van der Waals surface area (Å²) in [6.45, 7) is 19.4. The molecule has 0 unspecified atom stereocenters. The second-order valence-corrected chi connectivity index (χ2v) is 8.51. The molecule has 0 aliphatic heterocycles. The molecule has 0 aliphatic rings. The molecule has 1 heterocycles. The maximum Gasteiger partial charge on any atom is 0.306 e. The number of primary amides is 1. The van der Waals surface area contributed by atoms with E-state index < -0.39 is 0 Å². The van der Waals surface area contributed by atoms with Crippen LogP contribution in [0.2, 0.25) is 0 Å². The molecule has 0 saturated carbocycles. The lowest BCUT2D eigenvalue weighted by Crippen LogP contribution is -2.23. The van der Waals surface area contributed by atoms with E-state index in [4.69, 9.17) is 9.53 Å². The maximum absolute atomic E-state index is 11.8. The smallest absolute Gasteiger partial charge is 0.306 e. The standard InChI is InChI=1S/C13H17NO.C10H20O2.CH3NO/c1-5-10-7-11(6-2)12(14-8-10)13(15)9(3)4;1-8(2)6-7-9(11)12-10(3,4)5;2-1-3/h5,7-9H,1,6H2,2-4H3;8H,6-7H2,1-5H3;1H,(H2,2,3). The molecule has 0 aliphatic carbocycles. The Balaban J connectivity index is 0. The predicted octanol–water partition coefficient (Wildman–Crippen LogP) is 4.99. The molecule has 0 bridgehead atoms. The molecule has 2 N–H and O–H groups in total. The number of amides is 1. The third kappa shape index (κ3) is 14.5. The molecule has 0 radical (unpaired) electrons. The Morgan fingerprint density at radius 2 is 1.77 bits per heavy atom. The van der Waals surface area contributed by atoms with Crippen LogP contribution in [0, 0.1) is 11.8 Å². The first-order valence-corrected chi connectivity index (χ1v) is 10.4. The summed E-state index contributed by atoms with van der Waals surface area (Å²) >= 11 is 0. The first-order chi connectivity index (χ1) is 13.8. The highest BCUT2D eigenvalue weighted by Gasteiger charge is 2.16. The van der Waals surface area contributed by atoms with Crippen LogP contribution in [0.4, 0.5) is 0 Å². The molecule has 6 heteroatoms. The van der Waals surface area contributed by atoms with Crippen molar-refractivity contribution in [3.05, 3.63) is 35.7 Å². The Morgan fingerprint density at radius 1 is 1.23 bits per heavy atom. The Hall–Kier alpha value is -2.50. The number of aryl methyl sites for hydroxylation is 1. The highest BCUT2D eigenvalue weighted by atomic mass is 16.6. The zero-order chi connectivity index (χ0) is 23.9. The van der Waals surface area contributed by atoms with E-state index in [1.807, 2.05) is 47.6 Å². The molecule has 1 aromatic rings. The number of hydrogen-bond donors (Lipinski definition) is 1. The maximum atomic E-state index is 11.8. The molecule has 6 nitrogen and oxygen atoms in total. The van der Waals surface area contributed by atoms with Crippen LogP contribution < -0.4 is 5.73 Å². The molecular weight excluding hydrogens is 380 g/mol. The fourth-order valence-corrected chi connectivity index (χ4v) is 2.20. The van der Waals surface area contributed by atoms with Crippen molar-refractivity contribution in [3.8, 4) is 0 Å². The predicted molar refractivity (Wildman–Crippen MR) is 123 cm³/mol. The summed E-state index contributed by atoms with van der Waals surface area (Å²) in [5.74, 6) is 0.591. The Bertz CT molecular complexity index is 674. The fourth-order valence-electron chi connectivity index (χ4n) is 2.20. The van der Waals surface area contributed by atoms with Crippen LogP contribution in [0.1, 0.15) is 89.8 Å². The van der Waals surface area contributed by atoms with Crippen molar-refractivity contribution >= 4 is 24.2 Å². The summed E-state index contributed by atoms with van der Waals surface area (Å²) in [6.07, 6.45) is 5.96. The molecule has 170 valence electrons. The molecule has 1 amide bonds. The zero-order valence-electron chi connectivity index (χ0n) is 20.0. The SMILES string of the molecule is C=Cc1cnc(C(=O)C(C)C)c(CC)c1.CC(C)CCC(=O)OC(C)(C)C.NC=O. The lowest BCUT2D eigenvalue weighted by molar-refractivity contribution is -0.155. The largest absolute Gasteiger partial charge is 0.460 e. The number of aromatic nitrogens is 1. The van der Waals surface area contributed by atoms with E-state index in [1.54, 1.807) is 12.3 Å². The number of hydrogen-bond acceptors (Lipinski definition) is 5. The molecule has 0 aromatic carbocycles. The zero-order valence-corrected chi connectivity index (χ0v) is 20.0. The van der Waals surface area contributed by atoms with E-state index in [9.17, 15) is 9.59 Å². The van der Waals surface area contributed by atoms with Gasteiger partial charge in [-0.15, -0.1) is 0 Å². The molecule has 0 atom stereocenters. The van der Waals surface area contributed by atoms with Crippen molar-refractivity contribution in [2.45, 2.75) is 80.3 Å². The van der Waals surface area contributed by atoms with Gasteiger partial charge in [0, 0.05) is 18.5 Å². The third-order valence-electron chi connectivity index (χ3n) is 3.71. The van der Waals surface area contributed by atoms with Gasteiger partial charge in [-0.05, 0) is 56.7 Å². The van der Waals surface area contributed by atoms with Crippen LogP contribution in [0.5, 0.6) is 0 Å². The van der Waals surface area contributed by atoms with Crippen LogP contribution >= 0.6 is 0 Å². The van der Waals surface area contributed by atoms with Gasteiger partial charge in [0.05, 0.1) is 0 Å². The summed E-state index contributed by atoms with van der Waals surface area (Å²) in [6, 6.07) is 1.98. The first kappa shape index (κ1) is 29.7. The summed E-state index contributed by atoms with van der Waals surface area (Å²) in [5, 5.41) is 0. The molecule has 1 aromatic heterocycles. The molecule has 30 heavy (non-hydrogen) atoms. The number of nitrogens with zero attached hydrogens (tertiary/aromatic N) is 1. The third-order valence-corrected chi connectivity index (χ3v) is 3.71. The van der Waals surface area contributed by atoms with Crippen molar-refractivity contribution in [1.29, 1.82) is 0 Å². The number of ether oxygens (including phenoxy) is 1. The van der Waals surface area contributed by atoms with Gasteiger partial charge in [-0.2, -0.15) is 0 Å². The van der Waals surface area contributed by atoms with E-state index in [0.29, 0.717) is 18.0 Å². The van der Waals surface area contributed by atoms with Gasteiger partial charge in [0.25, 0.3) is 0 Å². The van der Waals surface area contributed by atoms with Gasteiger partial charge in [-0.1, -0.05) is 47.3 Å². The summed E-state index contributed by atoms with van der Waals surface area (Å²) in [7, 11) is 0. The number of carbonyl (C=O) groups is 3. The molecule has 0 spiro atoms. The normalized spacial score (nSPS) is 10.3. The van der Waals surface area contributed by atoms with E-state index >= 15 is 0 Å². The number of ketones is 1. The fraction of sp³-hybridized carbons (Fsp3) is 0.583. The van der Waals surface area contributed by atoms with Gasteiger partial charge in [0.2, 0.25) is 6.41 Å². The highest BCUT2D eigenvalue weighted by molar-refractivity contribution is 5.97. The molecule has 0 fully saturated rings. The minimum Gasteiger partial charge on any atom is -0.460 e. The lowest BCUT2D eigenvalue weighted by atomic mass is 9.99. The second-order valence-electron chi connectivity index (χ2n) is 8.51. The minimum atomic E-state index is -0.339. The molecular formula is C24H40N2O4. The van der Waals surface area contributed by atoms with Crippen LogP contribution in [0.15, 0.2) is 18.8 Å². The number of carbonyl (C=O) groups excluding carboxylic acids is 3. The Morgan fingerprint density at radius 3 is 2.13 bits per heavy atom. The van der Waals surface area contributed by atoms with Crippen molar-refractivity contribution in [2.24, 2.45) is 17.6 Å². The van der Waals surface area contributed by atoms with Gasteiger partial charge in [0.15, 0.2) is 5.78 Å². The number of rotatable bonds is 7. The summed E-state index contributed by atoms with van der Waals surface area (Å²) in [5.41, 5.74) is 6.41. The van der Waals surface area contributed by atoms with Crippen LogP contribution in [0.3, 0.4) is 0 Å². The quantitative estimate of drug-likeness (QED) is 0.380. The van der Waals surface area contributed by atoms with Gasteiger partial charge < -0.3 is 10.5 Å². The van der Waals surface area contributed by atoms with Crippen LogP contribution in [-0.4, -0.2) is 28.7 Å². The Kier molecular flexibility index (Phi) is 15.2. The van der Waals surface area contributed by atoms with Crippen LogP contribution in [-0.2, 0) is 20.7 Å². The van der Waals surface area contributed by atoms with E-state index in [1.165, 1.54) is 0 Å². The number of pyridine rings is 1. The minimum absolute atomic E-state index is 0.00242. The van der Waals surface area contributed by atoms with Crippen molar-refractivity contribution < 1.29 is 19.1 Å². The van der Waals surface area contributed by atoms with Crippen molar-refractivity contribution in [1.82, 2.24) is 4.98 Å².